The summed E-state index contributed by atoms with van der Waals surface area (Å²) in [5.74, 6) is 2.91. The average Bonchev–Trinajstić information content (AvgIpc) is 2.71. The van der Waals surface area contributed by atoms with Gasteiger partial charge in [0.2, 0.25) is 0 Å². The third kappa shape index (κ3) is 3.30. The summed E-state index contributed by atoms with van der Waals surface area (Å²) >= 11 is 0. The minimum atomic E-state index is 0.359. The van der Waals surface area contributed by atoms with Gasteiger partial charge in [0.05, 0.1) is 0 Å². The first-order chi connectivity index (χ1) is 12.4. The number of fused-ring (bicyclic) bond motifs is 3. The molecule has 0 nitrogen and oxygen atoms in total. The smallest absolute Gasteiger partial charge is 0.00836 e. The van der Waals surface area contributed by atoms with Crippen molar-refractivity contribution in [1.82, 2.24) is 0 Å². The lowest BCUT2D eigenvalue weighted by molar-refractivity contribution is 0.206. The Balaban J connectivity index is 1.80. The fraction of sp³-hybridized carbons (Fsp3) is 0.692. The molecule has 0 saturated heterocycles. The summed E-state index contributed by atoms with van der Waals surface area (Å²) in [4.78, 5) is 0. The van der Waals surface area contributed by atoms with Crippen LogP contribution in [0.3, 0.4) is 0 Å². The molecule has 3 rings (SSSR count). The van der Waals surface area contributed by atoms with E-state index in [1.807, 2.05) is 0 Å². The molecule has 0 heterocycles. The van der Waals surface area contributed by atoms with Crippen molar-refractivity contribution in [3.63, 3.8) is 0 Å². The van der Waals surface area contributed by atoms with Crippen LogP contribution in [-0.2, 0) is 0 Å². The van der Waals surface area contributed by atoms with Crippen molar-refractivity contribution in [3.05, 3.63) is 47.6 Å². The zero-order valence-electron chi connectivity index (χ0n) is 18.0. The third-order valence-electron chi connectivity index (χ3n) is 8.57. The second kappa shape index (κ2) is 7.53. The SMILES string of the molecule is CCC(C)(CC)C1=CC2CCC3C=C(C(C)(CC)CC)C=CC3C2C=C1. The maximum Gasteiger partial charge on any atom is -0.00836 e. The van der Waals surface area contributed by atoms with Gasteiger partial charge in [-0.3, -0.25) is 0 Å². The molecule has 0 spiro atoms. The molecule has 3 aliphatic rings. The Bertz CT molecular complexity index is 562. The monoisotopic (exact) mass is 352 g/mol. The van der Waals surface area contributed by atoms with E-state index in [1.165, 1.54) is 38.5 Å². The largest absolute Gasteiger partial charge is 0.0799 e. The van der Waals surface area contributed by atoms with Crippen LogP contribution in [0, 0.1) is 34.5 Å². The molecule has 4 unspecified atom stereocenters. The van der Waals surface area contributed by atoms with Crippen molar-refractivity contribution in [2.24, 2.45) is 34.5 Å². The molecule has 1 saturated carbocycles. The van der Waals surface area contributed by atoms with E-state index in [2.05, 4.69) is 78.0 Å². The molecule has 0 aromatic rings. The van der Waals surface area contributed by atoms with Crippen LogP contribution in [0.1, 0.15) is 80.1 Å². The average molecular weight is 353 g/mol. The summed E-state index contributed by atoms with van der Waals surface area (Å²) < 4.78 is 0. The van der Waals surface area contributed by atoms with Gasteiger partial charge >= 0.3 is 0 Å². The van der Waals surface area contributed by atoms with E-state index < -0.39 is 0 Å². The highest BCUT2D eigenvalue weighted by atomic mass is 14.4. The molecule has 0 amide bonds. The first-order valence-electron chi connectivity index (χ1n) is 11.2. The quantitative estimate of drug-likeness (QED) is 0.456. The minimum Gasteiger partial charge on any atom is -0.0799 e. The van der Waals surface area contributed by atoms with Gasteiger partial charge in [-0.1, -0.05) is 78.0 Å². The number of allylic oxidation sites excluding steroid dienone is 8. The number of hydrogen-bond donors (Lipinski definition) is 0. The lowest BCUT2D eigenvalue weighted by Crippen LogP contribution is -2.35. The Morgan fingerprint density at radius 1 is 0.692 bits per heavy atom. The minimum absolute atomic E-state index is 0.359. The molecule has 0 bridgehead atoms. The molecule has 144 valence electrons. The lowest BCUT2D eigenvalue weighted by Gasteiger charge is -2.45. The van der Waals surface area contributed by atoms with Crippen molar-refractivity contribution < 1.29 is 0 Å². The Labute approximate surface area is 162 Å². The predicted octanol–water partition coefficient (Wildman–Crippen LogP) is 7.89. The highest BCUT2D eigenvalue weighted by molar-refractivity contribution is 5.37. The molecule has 0 aliphatic heterocycles. The zero-order chi connectivity index (χ0) is 18.9. The second-order valence-corrected chi connectivity index (χ2v) is 9.56. The normalized spacial score (nSPS) is 31.2. The topological polar surface area (TPSA) is 0 Å². The first-order valence-corrected chi connectivity index (χ1v) is 11.2. The molecular formula is C26H40. The highest BCUT2D eigenvalue weighted by Gasteiger charge is 2.40. The maximum atomic E-state index is 2.66. The summed E-state index contributed by atoms with van der Waals surface area (Å²) in [5, 5.41) is 0. The molecule has 4 atom stereocenters. The van der Waals surface area contributed by atoms with Crippen molar-refractivity contribution in [2.75, 3.05) is 0 Å². The van der Waals surface area contributed by atoms with Gasteiger partial charge in [0.15, 0.2) is 0 Å². The molecule has 0 heteroatoms. The first kappa shape index (κ1) is 19.7. The van der Waals surface area contributed by atoms with Crippen molar-refractivity contribution in [2.45, 2.75) is 80.1 Å². The Morgan fingerprint density at radius 3 is 1.35 bits per heavy atom. The number of hydrogen-bond acceptors (Lipinski definition) is 0. The summed E-state index contributed by atoms with van der Waals surface area (Å²) in [6.07, 6.45) is 23.1. The molecule has 3 aliphatic carbocycles. The molecule has 0 radical (unpaired) electrons. The summed E-state index contributed by atoms with van der Waals surface area (Å²) in [6, 6.07) is 0. The third-order valence-corrected chi connectivity index (χ3v) is 8.57. The van der Waals surface area contributed by atoms with Crippen LogP contribution >= 0.6 is 0 Å². The van der Waals surface area contributed by atoms with E-state index in [1.54, 1.807) is 11.1 Å². The van der Waals surface area contributed by atoms with Crippen LogP contribution in [0.4, 0.5) is 0 Å². The maximum absolute atomic E-state index is 2.66. The second-order valence-electron chi connectivity index (χ2n) is 9.56. The van der Waals surface area contributed by atoms with E-state index in [0.717, 1.165) is 11.8 Å². The summed E-state index contributed by atoms with van der Waals surface area (Å²) in [5.41, 5.74) is 3.92. The van der Waals surface area contributed by atoms with Crippen LogP contribution in [-0.4, -0.2) is 0 Å². The van der Waals surface area contributed by atoms with Gasteiger partial charge in [0.1, 0.15) is 0 Å². The van der Waals surface area contributed by atoms with Crippen LogP contribution in [0.5, 0.6) is 0 Å². The van der Waals surface area contributed by atoms with Crippen LogP contribution in [0.15, 0.2) is 47.6 Å². The zero-order valence-corrected chi connectivity index (χ0v) is 18.0. The van der Waals surface area contributed by atoms with Gasteiger partial charge < -0.3 is 0 Å². The molecule has 0 aromatic heterocycles. The fourth-order valence-corrected chi connectivity index (χ4v) is 5.39. The molecule has 26 heavy (non-hydrogen) atoms. The van der Waals surface area contributed by atoms with E-state index in [0.29, 0.717) is 22.7 Å². The Hall–Kier alpha value is -1.04. The van der Waals surface area contributed by atoms with Gasteiger partial charge in [-0.05, 0) is 84.2 Å². The molecule has 1 fully saturated rings. The summed E-state index contributed by atoms with van der Waals surface area (Å²) in [7, 11) is 0. The Kier molecular flexibility index (Phi) is 5.71. The van der Waals surface area contributed by atoms with E-state index in [-0.39, 0.29) is 0 Å². The van der Waals surface area contributed by atoms with Crippen molar-refractivity contribution in [1.29, 1.82) is 0 Å². The predicted molar refractivity (Wildman–Crippen MR) is 115 cm³/mol. The van der Waals surface area contributed by atoms with E-state index in [4.69, 9.17) is 0 Å². The standard InChI is InChI=1S/C26H40/c1-7-25(5,8-2)21-13-15-23-19(17-21)11-12-20-18-22(14-16-24(20)23)26(6,9-3)10-4/h13-20,23-24H,7-12H2,1-6H3. The van der Waals surface area contributed by atoms with Crippen molar-refractivity contribution in [3.8, 4) is 0 Å². The van der Waals surface area contributed by atoms with Gasteiger partial charge in [0, 0.05) is 0 Å². The van der Waals surface area contributed by atoms with Gasteiger partial charge in [-0.2, -0.15) is 0 Å². The lowest BCUT2D eigenvalue weighted by atomic mass is 9.60. The van der Waals surface area contributed by atoms with E-state index in [9.17, 15) is 0 Å². The number of rotatable bonds is 6. The fourth-order valence-electron chi connectivity index (χ4n) is 5.39. The van der Waals surface area contributed by atoms with Gasteiger partial charge in [-0.15, -0.1) is 0 Å². The van der Waals surface area contributed by atoms with Crippen LogP contribution in [0.2, 0.25) is 0 Å². The van der Waals surface area contributed by atoms with E-state index >= 15 is 0 Å². The van der Waals surface area contributed by atoms with Gasteiger partial charge in [0.25, 0.3) is 0 Å². The van der Waals surface area contributed by atoms with Crippen LogP contribution in [0.25, 0.3) is 0 Å². The van der Waals surface area contributed by atoms with Crippen molar-refractivity contribution >= 4 is 0 Å². The molecule has 0 aromatic carbocycles. The molecular weight excluding hydrogens is 312 g/mol. The van der Waals surface area contributed by atoms with Gasteiger partial charge in [-0.25, -0.2) is 0 Å². The highest BCUT2D eigenvalue weighted by Crippen LogP contribution is 2.50. The molecule has 0 N–H and O–H groups in total. The Morgan fingerprint density at radius 2 is 1.04 bits per heavy atom. The van der Waals surface area contributed by atoms with Crippen LogP contribution < -0.4 is 0 Å². The summed E-state index contributed by atoms with van der Waals surface area (Å²) in [6.45, 7) is 14.3.